The lowest BCUT2D eigenvalue weighted by atomic mass is 10.4. The molecule has 4 nitrogen and oxygen atoms in total. The quantitative estimate of drug-likeness (QED) is 0.534. The van der Waals surface area contributed by atoms with Crippen LogP contribution in [0.5, 0.6) is 0 Å². The van der Waals surface area contributed by atoms with Crippen LogP contribution in [0.15, 0.2) is 0 Å². The minimum atomic E-state index is -0.125. The van der Waals surface area contributed by atoms with Crippen molar-refractivity contribution in [1.82, 2.24) is 0 Å². The molecule has 0 N–H and O–H groups in total. The number of rotatable bonds is 6. The van der Waals surface area contributed by atoms with Gasteiger partial charge in [0.05, 0.1) is 12.7 Å². The fourth-order valence-corrected chi connectivity index (χ4v) is 0.779. The molecule has 0 aromatic carbocycles. The minimum Gasteiger partial charge on any atom is -0.466 e. The van der Waals surface area contributed by atoms with Crippen molar-refractivity contribution < 1.29 is 19.1 Å². The highest BCUT2D eigenvalue weighted by Crippen LogP contribution is 1.91. The summed E-state index contributed by atoms with van der Waals surface area (Å²) in [7, 11) is 0. The lowest BCUT2D eigenvalue weighted by molar-refractivity contribution is -0.147. The van der Waals surface area contributed by atoms with E-state index in [1.807, 2.05) is 13.8 Å². The Morgan fingerprint density at radius 1 is 1.00 bits per heavy atom. The Kier molecular flexibility index (Phi) is 14.0. The summed E-state index contributed by atoms with van der Waals surface area (Å²) in [6.07, 6.45) is 3.05. The molecule has 0 atom stereocenters. The van der Waals surface area contributed by atoms with Gasteiger partial charge in [-0.25, -0.2) is 0 Å². The molecular formula is C13H26O4. The fraction of sp³-hybridized carbons (Fsp3) is 0.846. The molecule has 17 heavy (non-hydrogen) atoms. The molecule has 0 aliphatic carbocycles. The van der Waals surface area contributed by atoms with Crippen molar-refractivity contribution in [3.63, 3.8) is 0 Å². The molecule has 0 aromatic rings. The number of carbonyl (C=O) groups excluding carboxylic acids is 2. The van der Waals surface area contributed by atoms with Crippen molar-refractivity contribution >= 4 is 11.9 Å². The van der Waals surface area contributed by atoms with E-state index in [-0.39, 0.29) is 18.0 Å². The molecule has 0 amide bonds. The summed E-state index contributed by atoms with van der Waals surface area (Å²) in [5.41, 5.74) is 0. The maximum atomic E-state index is 10.5. The molecule has 4 heteroatoms. The van der Waals surface area contributed by atoms with Gasteiger partial charge in [-0.15, -0.1) is 0 Å². The van der Waals surface area contributed by atoms with Crippen molar-refractivity contribution in [3.8, 4) is 0 Å². The second-order valence-corrected chi connectivity index (χ2v) is 3.82. The topological polar surface area (TPSA) is 52.6 Å². The molecule has 0 spiro atoms. The lowest BCUT2D eigenvalue weighted by Crippen LogP contribution is -2.09. The Bertz CT molecular complexity index is 200. The molecule has 0 rings (SSSR count). The zero-order valence-electron chi connectivity index (χ0n) is 11.7. The highest BCUT2D eigenvalue weighted by Gasteiger charge is 1.99. The molecule has 0 aliphatic heterocycles. The third-order valence-electron chi connectivity index (χ3n) is 1.71. The summed E-state index contributed by atoms with van der Waals surface area (Å²) in [5.74, 6) is -0.219. The summed E-state index contributed by atoms with van der Waals surface area (Å²) >= 11 is 0. The van der Waals surface area contributed by atoms with Crippen LogP contribution in [0.2, 0.25) is 0 Å². The van der Waals surface area contributed by atoms with Crippen LogP contribution in [0, 0.1) is 0 Å². The van der Waals surface area contributed by atoms with Gasteiger partial charge in [-0.05, 0) is 20.3 Å². The summed E-state index contributed by atoms with van der Waals surface area (Å²) in [4.78, 5) is 20.9. The lowest BCUT2D eigenvalue weighted by Gasteiger charge is -2.04. The second-order valence-electron chi connectivity index (χ2n) is 3.82. The Hall–Kier alpha value is -1.06. The maximum absolute atomic E-state index is 10.5. The minimum absolute atomic E-state index is 0.0300. The van der Waals surface area contributed by atoms with Gasteiger partial charge in [0.15, 0.2) is 0 Å². The van der Waals surface area contributed by atoms with Gasteiger partial charge < -0.3 is 9.47 Å². The van der Waals surface area contributed by atoms with E-state index in [2.05, 4.69) is 6.92 Å². The van der Waals surface area contributed by atoms with Crippen LogP contribution in [0.25, 0.3) is 0 Å². The highest BCUT2D eigenvalue weighted by atomic mass is 16.5. The van der Waals surface area contributed by atoms with E-state index < -0.39 is 0 Å². The Morgan fingerprint density at radius 2 is 1.53 bits per heavy atom. The number of ether oxygens (including phenoxy) is 2. The van der Waals surface area contributed by atoms with Crippen LogP contribution < -0.4 is 0 Å². The van der Waals surface area contributed by atoms with E-state index in [4.69, 9.17) is 9.47 Å². The van der Waals surface area contributed by atoms with Crippen molar-refractivity contribution in [2.24, 2.45) is 0 Å². The molecular weight excluding hydrogens is 220 g/mol. The average Bonchev–Trinajstić information content (AvgIpc) is 2.29. The second kappa shape index (κ2) is 13.0. The van der Waals surface area contributed by atoms with Gasteiger partial charge in [-0.2, -0.15) is 0 Å². The zero-order chi connectivity index (χ0) is 13.7. The van der Waals surface area contributed by atoms with Crippen molar-refractivity contribution in [2.45, 2.75) is 66.4 Å². The van der Waals surface area contributed by atoms with Crippen LogP contribution in [-0.4, -0.2) is 24.6 Å². The normalized spacial score (nSPS) is 9.29. The van der Waals surface area contributed by atoms with E-state index in [0.29, 0.717) is 19.4 Å². The van der Waals surface area contributed by atoms with Crippen molar-refractivity contribution in [1.29, 1.82) is 0 Å². The Morgan fingerprint density at radius 3 is 1.82 bits per heavy atom. The number of hydrogen-bond donors (Lipinski definition) is 0. The average molecular weight is 246 g/mol. The Labute approximate surface area is 105 Å². The molecule has 102 valence electrons. The van der Waals surface area contributed by atoms with E-state index >= 15 is 0 Å². The maximum Gasteiger partial charge on any atom is 0.305 e. The highest BCUT2D eigenvalue weighted by molar-refractivity contribution is 5.69. The zero-order valence-corrected chi connectivity index (χ0v) is 11.7. The number of carbonyl (C=O) groups is 2. The summed E-state index contributed by atoms with van der Waals surface area (Å²) in [6.45, 7) is 9.92. The molecule has 0 saturated carbocycles. The first kappa shape index (κ1) is 18.3. The molecule has 0 heterocycles. The van der Waals surface area contributed by atoms with Gasteiger partial charge in [0.1, 0.15) is 0 Å². The van der Waals surface area contributed by atoms with E-state index in [0.717, 1.165) is 12.8 Å². The third kappa shape index (κ3) is 17.5. The molecule has 0 fully saturated rings. The smallest absolute Gasteiger partial charge is 0.305 e. The molecule has 0 aliphatic rings. The fourth-order valence-electron chi connectivity index (χ4n) is 0.779. The van der Waals surface area contributed by atoms with Crippen LogP contribution in [-0.2, 0) is 19.1 Å². The van der Waals surface area contributed by atoms with Gasteiger partial charge in [0, 0.05) is 12.8 Å². The van der Waals surface area contributed by atoms with Gasteiger partial charge in [-0.3, -0.25) is 9.59 Å². The summed E-state index contributed by atoms with van der Waals surface area (Å²) in [5, 5.41) is 0. The number of esters is 2. The third-order valence-corrected chi connectivity index (χ3v) is 1.71. The van der Waals surface area contributed by atoms with Crippen molar-refractivity contribution in [3.05, 3.63) is 0 Å². The predicted molar refractivity (Wildman–Crippen MR) is 67.7 cm³/mol. The van der Waals surface area contributed by atoms with E-state index in [1.165, 1.54) is 0 Å². The SMILES string of the molecule is CCC(=O)OC(C)C.CCCCOC(=O)CC. The van der Waals surface area contributed by atoms with Gasteiger partial charge in [-0.1, -0.05) is 27.2 Å². The van der Waals surface area contributed by atoms with Gasteiger partial charge in [0.25, 0.3) is 0 Å². The first-order valence-corrected chi connectivity index (χ1v) is 6.32. The van der Waals surface area contributed by atoms with E-state index in [9.17, 15) is 9.59 Å². The molecule has 0 saturated heterocycles. The number of hydrogen-bond acceptors (Lipinski definition) is 4. The Balaban J connectivity index is 0. The standard InChI is InChI=1S/C7H14O2.C6H12O2/c1-3-5-6-9-7(8)4-2;1-4-6(7)8-5(2)3/h3-6H2,1-2H3;5H,4H2,1-3H3. The van der Waals surface area contributed by atoms with Crippen LogP contribution in [0.1, 0.15) is 60.3 Å². The molecule has 0 bridgehead atoms. The van der Waals surface area contributed by atoms with Crippen LogP contribution >= 0.6 is 0 Å². The molecule has 0 radical (unpaired) electrons. The van der Waals surface area contributed by atoms with Gasteiger partial charge >= 0.3 is 11.9 Å². The van der Waals surface area contributed by atoms with E-state index in [1.54, 1.807) is 13.8 Å². The first-order chi connectivity index (χ1) is 7.97. The van der Waals surface area contributed by atoms with Crippen LogP contribution in [0.3, 0.4) is 0 Å². The number of unbranched alkanes of at least 4 members (excludes halogenated alkanes) is 1. The van der Waals surface area contributed by atoms with Crippen LogP contribution in [0.4, 0.5) is 0 Å². The first-order valence-electron chi connectivity index (χ1n) is 6.32. The predicted octanol–water partition coefficient (Wildman–Crippen LogP) is 3.09. The largest absolute Gasteiger partial charge is 0.466 e. The van der Waals surface area contributed by atoms with Gasteiger partial charge in [0.2, 0.25) is 0 Å². The molecule has 0 aromatic heterocycles. The molecule has 0 unspecified atom stereocenters. The summed E-state index contributed by atoms with van der Waals surface area (Å²) in [6, 6.07) is 0. The summed E-state index contributed by atoms with van der Waals surface area (Å²) < 4.78 is 9.55. The van der Waals surface area contributed by atoms with Crippen molar-refractivity contribution in [2.75, 3.05) is 6.61 Å². The monoisotopic (exact) mass is 246 g/mol.